The van der Waals surface area contributed by atoms with Gasteiger partial charge in [0.25, 0.3) is 5.56 Å². The highest BCUT2D eigenvalue weighted by molar-refractivity contribution is 7.71. The van der Waals surface area contributed by atoms with Crippen molar-refractivity contribution in [2.45, 2.75) is 19.4 Å². The number of hydrogen-bond donors (Lipinski definition) is 1. The van der Waals surface area contributed by atoms with Crippen LogP contribution in [0.25, 0.3) is 0 Å². The van der Waals surface area contributed by atoms with E-state index in [-0.39, 0.29) is 5.56 Å². The van der Waals surface area contributed by atoms with E-state index in [1.165, 1.54) is 11.9 Å². The zero-order valence-corrected chi connectivity index (χ0v) is 14.6. The summed E-state index contributed by atoms with van der Waals surface area (Å²) in [5.41, 5.74) is 2.52. The summed E-state index contributed by atoms with van der Waals surface area (Å²) in [6, 6.07) is 7.91. The fourth-order valence-electron chi connectivity index (χ4n) is 2.53. The van der Waals surface area contributed by atoms with Crippen LogP contribution in [0, 0.1) is 4.77 Å². The number of nitrogens with one attached hydrogen (secondary N) is 1. The van der Waals surface area contributed by atoms with Crippen LogP contribution in [0.1, 0.15) is 16.7 Å². The number of benzene rings is 1. The molecular weight excluding hydrogens is 336 g/mol. The number of methoxy groups -OCH3 is 1. The van der Waals surface area contributed by atoms with E-state index < -0.39 is 0 Å². The number of aromatic nitrogens is 4. The number of rotatable bonds is 6. The van der Waals surface area contributed by atoms with Crippen LogP contribution in [-0.4, -0.2) is 26.6 Å². The highest BCUT2D eigenvalue weighted by Crippen LogP contribution is 2.12. The third-order valence-corrected chi connectivity index (χ3v) is 4.23. The zero-order chi connectivity index (χ0) is 17.6. The minimum Gasteiger partial charge on any atom is -0.497 e. The summed E-state index contributed by atoms with van der Waals surface area (Å²) < 4.78 is 7.48. The van der Waals surface area contributed by atoms with Crippen molar-refractivity contribution in [1.29, 1.82) is 0 Å². The Morgan fingerprint density at radius 3 is 2.56 bits per heavy atom. The molecule has 6 nitrogen and oxygen atoms in total. The summed E-state index contributed by atoms with van der Waals surface area (Å²) in [6.07, 6.45) is 7.96. The van der Waals surface area contributed by atoms with Gasteiger partial charge in [0.15, 0.2) is 4.77 Å². The summed E-state index contributed by atoms with van der Waals surface area (Å²) in [7, 11) is 1.65. The van der Waals surface area contributed by atoms with Gasteiger partial charge in [0, 0.05) is 37.1 Å². The SMILES string of the molecule is COc1ccc(CCn2cc(Cc3cncnc3)c(=O)[nH]c2=S)cc1. The molecular formula is C18H18N4O2S. The first-order valence-corrected chi connectivity index (χ1v) is 8.26. The lowest BCUT2D eigenvalue weighted by Crippen LogP contribution is -2.19. The van der Waals surface area contributed by atoms with E-state index in [0.717, 1.165) is 17.7 Å². The Labute approximate surface area is 150 Å². The lowest BCUT2D eigenvalue weighted by molar-refractivity contribution is 0.414. The molecule has 2 aromatic heterocycles. The molecule has 3 aromatic rings. The van der Waals surface area contributed by atoms with E-state index in [1.54, 1.807) is 19.5 Å². The van der Waals surface area contributed by atoms with E-state index in [1.807, 2.05) is 35.0 Å². The topological polar surface area (TPSA) is 72.8 Å². The van der Waals surface area contributed by atoms with Gasteiger partial charge in [-0.3, -0.25) is 9.78 Å². The molecule has 3 rings (SSSR count). The molecule has 0 unspecified atom stereocenters. The molecule has 0 aliphatic rings. The van der Waals surface area contributed by atoms with Gasteiger partial charge in [0.1, 0.15) is 12.1 Å². The van der Waals surface area contributed by atoms with Crippen molar-refractivity contribution in [3.63, 3.8) is 0 Å². The fraction of sp³-hybridized carbons (Fsp3) is 0.222. The van der Waals surface area contributed by atoms with Gasteiger partial charge in [-0.25, -0.2) is 9.97 Å². The molecule has 2 heterocycles. The lowest BCUT2D eigenvalue weighted by Gasteiger charge is -2.10. The monoisotopic (exact) mass is 354 g/mol. The summed E-state index contributed by atoms with van der Waals surface area (Å²) in [5.74, 6) is 0.830. The number of hydrogen-bond acceptors (Lipinski definition) is 5. The van der Waals surface area contributed by atoms with Gasteiger partial charge in [0.05, 0.1) is 7.11 Å². The molecule has 0 saturated carbocycles. The maximum Gasteiger partial charge on any atom is 0.255 e. The third kappa shape index (κ3) is 4.39. The smallest absolute Gasteiger partial charge is 0.255 e. The summed E-state index contributed by atoms with van der Waals surface area (Å²) >= 11 is 5.28. The number of aromatic amines is 1. The minimum absolute atomic E-state index is 0.172. The van der Waals surface area contributed by atoms with Crippen molar-refractivity contribution in [1.82, 2.24) is 19.5 Å². The van der Waals surface area contributed by atoms with Gasteiger partial charge in [-0.15, -0.1) is 0 Å². The summed E-state index contributed by atoms with van der Waals surface area (Å²) in [4.78, 5) is 22.9. The zero-order valence-electron chi connectivity index (χ0n) is 13.8. The quantitative estimate of drug-likeness (QED) is 0.689. The molecule has 0 aliphatic heterocycles. The van der Waals surface area contributed by atoms with Crippen LogP contribution < -0.4 is 10.3 Å². The van der Waals surface area contributed by atoms with Crippen LogP contribution in [0.15, 0.2) is 54.0 Å². The van der Waals surface area contributed by atoms with Crippen molar-refractivity contribution < 1.29 is 4.74 Å². The fourth-order valence-corrected chi connectivity index (χ4v) is 2.77. The Morgan fingerprint density at radius 2 is 1.88 bits per heavy atom. The second-order valence-corrected chi connectivity index (χ2v) is 6.02. The summed E-state index contributed by atoms with van der Waals surface area (Å²) in [6.45, 7) is 0.681. The van der Waals surface area contributed by atoms with Crippen molar-refractivity contribution in [3.8, 4) is 5.75 Å². The largest absolute Gasteiger partial charge is 0.497 e. The Balaban J connectivity index is 1.77. The average molecular weight is 354 g/mol. The van der Waals surface area contributed by atoms with Crippen molar-refractivity contribution in [2.75, 3.05) is 7.11 Å². The third-order valence-electron chi connectivity index (χ3n) is 3.89. The maximum absolute atomic E-state index is 12.2. The number of nitrogens with zero attached hydrogens (tertiary/aromatic N) is 3. The van der Waals surface area contributed by atoms with Crippen molar-refractivity contribution >= 4 is 12.2 Å². The first-order valence-electron chi connectivity index (χ1n) is 7.85. The van der Waals surface area contributed by atoms with Crippen LogP contribution >= 0.6 is 12.2 Å². The molecule has 0 radical (unpaired) electrons. The van der Waals surface area contributed by atoms with E-state index in [4.69, 9.17) is 17.0 Å². The molecule has 0 atom stereocenters. The molecule has 1 N–H and O–H groups in total. The number of aryl methyl sites for hydroxylation is 2. The Hall–Kier alpha value is -2.80. The van der Waals surface area contributed by atoms with Gasteiger partial charge >= 0.3 is 0 Å². The van der Waals surface area contributed by atoms with Gasteiger partial charge in [0.2, 0.25) is 0 Å². The predicted octanol–water partition coefficient (Wildman–Crippen LogP) is 2.54. The maximum atomic E-state index is 12.2. The normalized spacial score (nSPS) is 10.6. The Morgan fingerprint density at radius 1 is 1.16 bits per heavy atom. The van der Waals surface area contributed by atoms with Crippen LogP contribution in [0.3, 0.4) is 0 Å². The second-order valence-electron chi connectivity index (χ2n) is 5.63. The van der Waals surface area contributed by atoms with E-state index in [2.05, 4.69) is 15.0 Å². The van der Waals surface area contributed by atoms with Crippen LogP contribution in [0.4, 0.5) is 0 Å². The van der Waals surface area contributed by atoms with Crippen LogP contribution in [0.5, 0.6) is 5.75 Å². The second kappa shape index (κ2) is 7.85. The molecule has 0 aliphatic carbocycles. The van der Waals surface area contributed by atoms with Gasteiger partial charge in [-0.2, -0.15) is 0 Å². The number of H-pyrrole nitrogens is 1. The molecule has 7 heteroatoms. The van der Waals surface area contributed by atoms with Crippen LogP contribution in [0.2, 0.25) is 0 Å². The highest BCUT2D eigenvalue weighted by atomic mass is 32.1. The molecule has 1 aromatic carbocycles. The lowest BCUT2D eigenvalue weighted by atomic mass is 10.1. The van der Waals surface area contributed by atoms with Gasteiger partial charge in [-0.1, -0.05) is 12.1 Å². The molecule has 128 valence electrons. The van der Waals surface area contributed by atoms with E-state index in [0.29, 0.717) is 23.3 Å². The van der Waals surface area contributed by atoms with E-state index >= 15 is 0 Å². The standard InChI is InChI=1S/C18H18N4O2S/c1-24-16-4-2-13(3-5-16)6-7-22-11-15(17(23)21-18(22)25)8-14-9-19-12-20-10-14/h2-5,9-12H,6-8H2,1H3,(H,21,23,25). The number of ether oxygens (including phenoxy) is 1. The highest BCUT2D eigenvalue weighted by Gasteiger charge is 2.05. The molecule has 25 heavy (non-hydrogen) atoms. The predicted molar refractivity (Wildman–Crippen MR) is 97.4 cm³/mol. The van der Waals surface area contributed by atoms with E-state index in [9.17, 15) is 4.79 Å². The molecule has 0 fully saturated rings. The Kier molecular flexibility index (Phi) is 5.35. The first-order chi connectivity index (χ1) is 12.2. The molecule has 0 spiro atoms. The molecule has 0 bridgehead atoms. The van der Waals surface area contributed by atoms with Crippen molar-refractivity contribution in [3.05, 3.63) is 81.0 Å². The average Bonchev–Trinajstić information content (AvgIpc) is 2.64. The van der Waals surface area contributed by atoms with Crippen molar-refractivity contribution in [2.24, 2.45) is 0 Å². The minimum atomic E-state index is -0.172. The van der Waals surface area contributed by atoms with Gasteiger partial charge in [-0.05, 0) is 41.9 Å². The van der Waals surface area contributed by atoms with Crippen LogP contribution in [-0.2, 0) is 19.4 Å². The summed E-state index contributed by atoms with van der Waals surface area (Å²) in [5, 5.41) is 0. The molecule has 0 amide bonds. The van der Waals surface area contributed by atoms with Gasteiger partial charge < -0.3 is 9.30 Å². The molecule has 0 saturated heterocycles. The first kappa shape index (κ1) is 17.0. The Bertz CT molecular complexity index is 949.